The molecule has 0 radical (unpaired) electrons. The molecule has 0 aliphatic carbocycles. The third kappa shape index (κ3) is 4.09. The van der Waals surface area contributed by atoms with Crippen LogP contribution in [0.15, 0.2) is 60.7 Å². The lowest BCUT2D eigenvalue weighted by molar-refractivity contribution is -0.110. The van der Waals surface area contributed by atoms with E-state index in [0.717, 1.165) is 16.7 Å². The van der Waals surface area contributed by atoms with E-state index in [1.165, 1.54) is 0 Å². The number of carbonyl (C=O) groups excluding carboxylic acids is 1. The Morgan fingerprint density at radius 1 is 1.00 bits per heavy atom. The zero-order valence-corrected chi connectivity index (χ0v) is 17.1. The summed E-state index contributed by atoms with van der Waals surface area (Å²) in [4.78, 5) is 12.4. The van der Waals surface area contributed by atoms with Gasteiger partial charge in [0.15, 0.2) is 11.5 Å². The highest BCUT2D eigenvalue weighted by Gasteiger charge is 2.24. The second-order valence-corrected chi connectivity index (χ2v) is 7.34. The molecule has 146 valence electrons. The number of nitrogens with one attached hydrogen (secondary N) is 1. The lowest BCUT2D eigenvalue weighted by atomic mass is 10.0. The number of amides is 1. The van der Waals surface area contributed by atoms with Crippen LogP contribution in [-0.2, 0) is 11.4 Å². The van der Waals surface area contributed by atoms with Gasteiger partial charge in [-0.05, 0) is 42.0 Å². The van der Waals surface area contributed by atoms with Gasteiger partial charge in [-0.2, -0.15) is 0 Å². The van der Waals surface area contributed by atoms with Crippen molar-refractivity contribution in [2.75, 3.05) is 12.4 Å². The first-order valence-corrected chi connectivity index (χ1v) is 9.68. The fraction of sp³-hybridized carbons (Fsp3) is 0.0870. The quantitative estimate of drug-likeness (QED) is 0.504. The van der Waals surface area contributed by atoms with E-state index in [9.17, 15) is 4.79 Å². The average molecular weight is 426 g/mol. The van der Waals surface area contributed by atoms with Gasteiger partial charge in [-0.15, -0.1) is 0 Å². The van der Waals surface area contributed by atoms with Gasteiger partial charge in [-0.3, -0.25) is 4.79 Å². The van der Waals surface area contributed by atoms with Crippen LogP contribution in [0.5, 0.6) is 11.5 Å². The molecule has 1 amide bonds. The summed E-state index contributed by atoms with van der Waals surface area (Å²) in [5.74, 6) is 0.999. The standard InChI is InChI=1S/C23H17Cl2NO3/c1-28-22-11-14(6-9-21(22)29-13-15-4-2-3-5-19(15)25)10-18-17-8-7-16(24)12-20(17)26-23(18)27/h2-12H,13H2,1H3,(H,26,27). The molecule has 1 aliphatic rings. The molecular formula is C23H17Cl2NO3. The molecule has 0 aromatic heterocycles. The highest BCUT2D eigenvalue weighted by atomic mass is 35.5. The maximum atomic E-state index is 12.4. The van der Waals surface area contributed by atoms with E-state index in [0.29, 0.717) is 39.4 Å². The van der Waals surface area contributed by atoms with Crippen molar-refractivity contribution in [3.05, 3.63) is 87.4 Å². The zero-order chi connectivity index (χ0) is 20.4. The Bertz CT molecular complexity index is 1120. The first-order chi connectivity index (χ1) is 14.0. The number of hydrogen-bond donors (Lipinski definition) is 1. The lowest BCUT2D eigenvalue weighted by Gasteiger charge is -2.12. The summed E-state index contributed by atoms with van der Waals surface area (Å²) in [6.45, 7) is 0.326. The Hall–Kier alpha value is -2.95. The molecule has 0 saturated carbocycles. The van der Waals surface area contributed by atoms with Gasteiger partial charge in [0, 0.05) is 26.7 Å². The number of rotatable bonds is 5. The van der Waals surface area contributed by atoms with Crippen molar-refractivity contribution in [2.45, 2.75) is 6.61 Å². The van der Waals surface area contributed by atoms with Crippen molar-refractivity contribution in [3.63, 3.8) is 0 Å². The van der Waals surface area contributed by atoms with E-state index < -0.39 is 0 Å². The highest BCUT2D eigenvalue weighted by Crippen LogP contribution is 2.36. The van der Waals surface area contributed by atoms with E-state index in [2.05, 4.69) is 5.32 Å². The first kappa shape index (κ1) is 19.4. The van der Waals surface area contributed by atoms with E-state index in [1.54, 1.807) is 19.2 Å². The summed E-state index contributed by atoms with van der Waals surface area (Å²) in [7, 11) is 1.58. The first-order valence-electron chi connectivity index (χ1n) is 8.92. The van der Waals surface area contributed by atoms with Crippen molar-refractivity contribution in [3.8, 4) is 11.5 Å². The predicted octanol–water partition coefficient (Wildman–Crippen LogP) is 6.07. The maximum Gasteiger partial charge on any atom is 0.256 e. The van der Waals surface area contributed by atoms with Crippen LogP contribution in [0.1, 0.15) is 16.7 Å². The molecule has 0 atom stereocenters. The summed E-state index contributed by atoms with van der Waals surface area (Å²) in [6.07, 6.45) is 1.81. The van der Waals surface area contributed by atoms with Gasteiger partial charge in [0.25, 0.3) is 5.91 Å². The van der Waals surface area contributed by atoms with Crippen LogP contribution in [0.4, 0.5) is 5.69 Å². The normalized spacial score (nSPS) is 13.9. The summed E-state index contributed by atoms with van der Waals surface area (Å²) < 4.78 is 11.4. The van der Waals surface area contributed by atoms with Gasteiger partial charge in [-0.1, -0.05) is 53.5 Å². The minimum atomic E-state index is -0.166. The van der Waals surface area contributed by atoms with Gasteiger partial charge in [-0.25, -0.2) is 0 Å². The monoisotopic (exact) mass is 425 g/mol. The second kappa shape index (κ2) is 8.19. The van der Waals surface area contributed by atoms with Crippen molar-refractivity contribution < 1.29 is 14.3 Å². The molecule has 3 aromatic rings. The Labute approximate surface area is 178 Å². The van der Waals surface area contributed by atoms with Crippen molar-refractivity contribution in [1.82, 2.24) is 0 Å². The summed E-state index contributed by atoms with van der Waals surface area (Å²) >= 11 is 12.2. The third-order valence-corrected chi connectivity index (χ3v) is 5.21. The molecule has 29 heavy (non-hydrogen) atoms. The largest absolute Gasteiger partial charge is 0.493 e. The number of hydrogen-bond acceptors (Lipinski definition) is 3. The minimum absolute atomic E-state index is 0.166. The highest BCUT2D eigenvalue weighted by molar-refractivity contribution is 6.36. The van der Waals surface area contributed by atoms with Crippen LogP contribution < -0.4 is 14.8 Å². The molecule has 6 heteroatoms. The number of benzene rings is 3. The van der Waals surface area contributed by atoms with Crippen LogP contribution in [0.3, 0.4) is 0 Å². The number of fused-ring (bicyclic) bond motifs is 1. The molecular weight excluding hydrogens is 409 g/mol. The summed E-state index contributed by atoms with van der Waals surface area (Å²) in [5, 5.41) is 4.06. The average Bonchev–Trinajstić information content (AvgIpc) is 3.02. The molecule has 4 nitrogen and oxygen atoms in total. The smallest absolute Gasteiger partial charge is 0.256 e. The Morgan fingerprint density at radius 2 is 1.83 bits per heavy atom. The molecule has 1 N–H and O–H groups in total. The molecule has 1 aliphatic heterocycles. The number of halogens is 2. The van der Waals surface area contributed by atoms with Gasteiger partial charge < -0.3 is 14.8 Å². The van der Waals surface area contributed by atoms with E-state index in [4.69, 9.17) is 32.7 Å². The number of ether oxygens (including phenoxy) is 2. The summed E-state index contributed by atoms with van der Waals surface area (Å²) in [6, 6.07) is 18.4. The molecule has 0 fully saturated rings. The van der Waals surface area contributed by atoms with Crippen LogP contribution >= 0.6 is 23.2 Å². The van der Waals surface area contributed by atoms with E-state index >= 15 is 0 Å². The lowest BCUT2D eigenvalue weighted by Crippen LogP contribution is -2.03. The third-order valence-electron chi connectivity index (χ3n) is 4.60. The fourth-order valence-corrected chi connectivity index (χ4v) is 3.50. The second-order valence-electron chi connectivity index (χ2n) is 6.49. The number of carbonyl (C=O) groups is 1. The molecule has 0 saturated heterocycles. The zero-order valence-electron chi connectivity index (χ0n) is 15.5. The number of anilines is 1. The molecule has 1 heterocycles. The van der Waals surface area contributed by atoms with Crippen molar-refractivity contribution in [1.29, 1.82) is 0 Å². The Balaban J connectivity index is 1.60. The van der Waals surface area contributed by atoms with Crippen LogP contribution in [-0.4, -0.2) is 13.0 Å². The minimum Gasteiger partial charge on any atom is -0.493 e. The Kier molecular flexibility index (Phi) is 5.47. The maximum absolute atomic E-state index is 12.4. The Morgan fingerprint density at radius 3 is 2.62 bits per heavy atom. The van der Waals surface area contributed by atoms with Crippen molar-refractivity contribution in [2.24, 2.45) is 0 Å². The van der Waals surface area contributed by atoms with E-state index in [1.807, 2.05) is 54.6 Å². The van der Waals surface area contributed by atoms with Gasteiger partial charge in [0.2, 0.25) is 0 Å². The van der Waals surface area contributed by atoms with Crippen LogP contribution in [0.25, 0.3) is 11.6 Å². The molecule has 0 bridgehead atoms. The number of methoxy groups -OCH3 is 1. The molecule has 3 aromatic carbocycles. The van der Waals surface area contributed by atoms with Gasteiger partial charge >= 0.3 is 0 Å². The van der Waals surface area contributed by atoms with Gasteiger partial charge in [0.05, 0.1) is 12.8 Å². The van der Waals surface area contributed by atoms with Crippen molar-refractivity contribution >= 4 is 46.4 Å². The van der Waals surface area contributed by atoms with E-state index in [-0.39, 0.29) is 5.91 Å². The summed E-state index contributed by atoms with van der Waals surface area (Å²) in [5.41, 5.74) is 3.81. The molecule has 4 rings (SSSR count). The van der Waals surface area contributed by atoms with Crippen LogP contribution in [0.2, 0.25) is 10.0 Å². The molecule has 0 spiro atoms. The molecule has 0 unspecified atom stereocenters. The SMILES string of the molecule is COc1cc(C=C2C(=O)Nc3cc(Cl)ccc32)ccc1OCc1ccccc1Cl. The fourth-order valence-electron chi connectivity index (χ4n) is 3.14. The topological polar surface area (TPSA) is 47.6 Å². The van der Waals surface area contributed by atoms with Crippen LogP contribution in [0, 0.1) is 0 Å². The predicted molar refractivity (Wildman–Crippen MR) is 117 cm³/mol. The van der Waals surface area contributed by atoms with Gasteiger partial charge in [0.1, 0.15) is 6.61 Å².